The van der Waals surface area contributed by atoms with E-state index in [9.17, 15) is 5.11 Å². The normalized spacial score (nSPS) is 26.6. The Kier molecular flexibility index (Phi) is 4.24. The van der Waals surface area contributed by atoms with E-state index in [1.54, 1.807) is 0 Å². The minimum absolute atomic E-state index is 0.0850. The summed E-state index contributed by atoms with van der Waals surface area (Å²) in [6.07, 6.45) is 1.62. The molecule has 1 unspecified atom stereocenters. The van der Waals surface area contributed by atoms with Crippen LogP contribution in [0.25, 0.3) is 0 Å². The van der Waals surface area contributed by atoms with Crippen LogP contribution in [0.3, 0.4) is 0 Å². The van der Waals surface area contributed by atoms with Gasteiger partial charge in [-0.3, -0.25) is 4.68 Å². The molecule has 0 bridgehead atoms. The molecule has 0 aromatic carbocycles. The number of aliphatic hydroxyl groups is 1. The second-order valence-corrected chi connectivity index (χ2v) is 7.54. The lowest BCUT2D eigenvalue weighted by atomic mass is 9.71. The zero-order valence-electron chi connectivity index (χ0n) is 12.2. The molecule has 0 amide bonds. The van der Waals surface area contributed by atoms with E-state index in [-0.39, 0.29) is 5.41 Å². The van der Waals surface area contributed by atoms with Crippen molar-refractivity contribution >= 4 is 23.4 Å². The molecular weight excluding hydrogens is 280 g/mol. The second kappa shape index (κ2) is 5.30. The molecule has 19 heavy (non-hydrogen) atoms. The summed E-state index contributed by atoms with van der Waals surface area (Å²) in [5.41, 5.74) is 1.03. The Morgan fingerprint density at radius 1 is 1.47 bits per heavy atom. The number of halogens is 1. The third-order valence-electron chi connectivity index (χ3n) is 4.38. The van der Waals surface area contributed by atoms with E-state index in [4.69, 9.17) is 11.6 Å². The first-order chi connectivity index (χ1) is 8.81. The first-order valence-electron chi connectivity index (χ1n) is 6.82. The van der Waals surface area contributed by atoms with Gasteiger partial charge >= 0.3 is 0 Å². The minimum atomic E-state index is -0.709. The number of hydrogen-bond donors (Lipinski definition) is 1. The molecule has 1 aliphatic rings. The molecule has 108 valence electrons. The van der Waals surface area contributed by atoms with Gasteiger partial charge in [0.2, 0.25) is 0 Å². The lowest BCUT2D eigenvalue weighted by molar-refractivity contribution is -0.0526. The van der Waals surface area contributed by atoms with E-state index in [2.05, 4.69) is 25.9 Å². The van der Waals surface area contributed by atoms with E-state index < -0.39 is 5.60 Å². The van der Waals surface area contributed by atoms with Crippen molar-refractivity contribution in [2.45, 2.75) is 52.7 Å². The van der Waals surface area contributed by atoms with Crippen molar-refractivity contribution in [1.29, 1.82) is 0 Å². The zero-order chi connectivity index (χ0) is 14.3. The highest BCUT2D eigenvalue weighted by Crippen LogP contribution is 2.44. The molecule has 1 N–H and O–H groups in total. The number of nitrogens with zero attached hydrogens (tertiary/aromatic N) is 2. The Bertz CT molecular complexity index is 472. The van der Waals surface area contributed by atoms with Gasteiger partial charge in [-0.15, -0.1) is 0 Å². The lowest BCUT2D eigenvalue weighted by Crippen LogP contribution is -2.51. The van der Waals surface area contributed by atoms with E-state index in [0.717, 1.165) is 35.9 Å². The summed E-state index contributed by atoms with van der Waals surface area (Å²) in [5, 5.41) is 16.2. The van der Waals surface area contributed by atoms with Crippen LogP contribution in [0.15, 0.2) is 0 Å². The largest absolute Gasteiger partial charge is 0.388 e. The van der Waals surface area contributed by atoms with Crippen LogP contribution in [-0.4, -0.2) is 32.0 Å². The molecule has 2 rings (SSSR count). The topological polar surface area (TPSA) is 38.0 Å². The highest BCUT2D eigenvalue weighted by atomic mass is 35.5. The quantitative estimate of drug-likeness (QED) is 0.931. The Hall–Kier alpha value is -0.190. The van der Waals surface area contributed by atoms with Crippen molar-refractivity contribution in [2.75, 3.05) is 11.5 Å². The summed E-state index contributed by atoms with van der Waals surface area (Å²) in [6, 6.07) is 0. The molecule has 0 radical (unpaired) electrons. The van der Waals surface area contributed by atoms with Crippen LogP contribution in [0.2, 0.25) is 5.02 Å². The Balaban J connectivity index is 2.34. The van der Waals surface area contributed by atoms with Gasteiger partial charge in [-0.2, -0.15) is 16.9 Å². The number of thioether (sulfide) groups is 1. The average molecular weight is 303 g/mol. The smallest absolute Gasteiger partial charge is 0.0848 e. The maximum Gasteiger partial charge on any atom is 0.0848 e. The van der Waals surface area contributed by atoms with Gasteiger partial charge in [0, 0.05) is 18.7 Å². The highest BCUT2D eigenvalue weighted by Gasteiger charge is 2.46. The molecule has 0 aliphatic carbocycles. The van der Waals surface area contributed by atoms with Crippen molar-refractivity contribution in [1.82, 2.24) is 9.78 Å². The third-order valence-corrected chi connectivity index (χ3v) is 6.05. The monoisotopic (exact) mass is 302 g/mol. The van der Waals surface area contributed by atoms with E-state index >= 15 is 0 Å². The van der Waals surface area contributed by atoms with Crippen molar-refractivity contribution < 1.29 is 5.11 Å². The third kappa shape index (κ3) is 2.67. The Morgan fingerprint density at radius 3 is 2.74 bits per heavy atom. The van der Waals surface area contributed by atoms with E-state index in [0.29, 0.717) is 11.4 Å². The SMILES string of the molecule is CCn1nc(C)c(Cl)c1CC1(O)CSCCC1(C)C. The molecule has 5 heteroatoms. The standard InChI is InChI=1S/C14H23ClN2OS/c1-5-17-11(12(15)10(2)16-17)8-14(18)9-19-7-6-13(14,3)4/h18H,5-9H2,1-4H3. The highest BCUT2D eigenvalue weighted by molar-refractivity contribution is 7.99. The van der Waals surface area contributed by atoms with Crippen LogP contribution < -0.4 is 0 Å². The fraction of sp³-hybridized carbons (Fsp3) is 0.786. The molecule has 3 nitrogen and oxygen atoms in total. The van der Waals surface area contributed by atoms with Crippen molar-refractivity contribution in [3.05, 3.63) is 16.4 Å². The molecule has 0 spiro atoms. The molecule has 1 fully saturated rings. The summed E-state index contributed by atoms with van der Waals surface area (Å²) in [7, 11) is 0. The van der Waals surface area contributed by atoms with Crippen LogP contribution >= 0.6 is 23.4 Å². The van der Waals surface area contributed by atoms with Crippen molar-refractivity contribution in [3.8, 4) is 0 Å². The predicted octanol–water partition coefficient (Wildman–Crippen LogP) is 3.30. The molecule has 1 atom stereocenters. The molecular formula is C14H23ClN2OS. The lowest BCUT2D eigenvalue weighted by Gasteiger charge is -2.46. The molecule has 2 heterocycles. The molecule has 1 aromatic heterocycles. The van der Waals surface area contributed by atoms with Crippen LogP contribution in [-0.2, 0) is 13.0 Å². The first kappa shape index (κ1) is 15.2. The average Bonchev–Trinajstić information content (AvgIpc) is 2.61. The van der Waals surface area contributed by atoms with Crippen LogP contribution in [0.4, 0.5) is 0 Å². The summed E-state index contributed by atoms with van der Waals surface area (Å²) < 4.78 is 1.92. The fourth-order valence-corrected chi connectivity index (χ4v) is 4.43. The summed E-state index contributed by atoms with van der Waals surface area (Å²) in [5.74, 6) is 1.89. The predicted molar refractivity (Wildman–Crippen MR) is 82.0 cm³/mol. The number of hydrogen-bond acceptors (Lipinski definition) is 3. The fourth-order valence-electron chi connectivity index (χ4n) is 2.60. The van der Waals surface area contributed by atoms with Gasteiger partial charge in [0.25, 0.3) is 0 Å². The molecule has 1 aliphatic heterocycles. The van der Waals surface area contributed by atoms with E-state index in [1.165, 1.54) is 0 Å². The number of aromatic nitrogens is 2. The first-order valence-corrected chi connectivity index (χ1v) is 8.36. The van der Waals surface area contributed by atoms with Gasteiger partial charge in [-0.25, -0.2) is 0 Å². The van der Waals surface area contributed by atoms with Gasteiger partial charge in [-0.1, -0.05) is 25.4 Å². The summed E-state index contributed by atoms with van der Waals surface area (Å²) in [6.45, 7) is 9.06. The zero-order valence-corrected chi connectivity index (χ0v) is 13.7. The maximum atomic E-state index is 11.1. The number of aryl methyl sites for hydroxylation is 2. The van der Waals surface area contributed by atoms with Crippen LogP contribution in [0, 0.1) is 12.3 Å². The van der Waals surface area contributed by atoms with Crippen LogP contribution in [0.5, 0.6) is 0 Å². The van der Waals surface area contributed by atoms with Gasteiger partial charge in [0.1, 0.15) is 0 Å². The maximum absolute atomic E-state index is 11.1. The molecule has 0 saturated carbocycles. The minimum Gasteiger partial charge on any atom is -0.388 e. The van der Waals surface area contributed by atoms with Crippen molar-refractivity contribution in [2.24, 2.45) is 5.41 Å². The number of rotatable bonds is 3. The molecule has 1 saturated heterocycles. The van der Waals surface area contributed by atoms with Gasteiger partial charge < -0.3 is 5.11 Å². The summed E-state index contributed by atoms with van der Waals surface area (Å²) in [4.78, 5) is 0. The van der Waals surface area contributed by atoms with Crippen LogP contribution in [0.1, 0.15) is 38.6 Å². The Morgan fingerprint density at radius 2 is 2.16 bits per heavy atom. The Labute approximate surface area is 124 Å². The van der Waals surface area contributed by atoms with Gasteiger partial charge in [-0.05, 0) is 31.4 Å². The second-order valence-electron chi connectivity index (χ2n) is 6.06. The van der Waals surface area contributed by atoms with Crippen molar-refractivity contribution in [3.63, 3.8) is 0 Å². The summed E-state index contributed by atoms with van der Waals surface area (Å²) >= 11 is 8.19. The van der Waals surface area contributed by atoms with Gasteiger partial charge in [0.15, 0.2) is 0 Å². The molecule has 1 aromatic rings. The van der Waals surface area contributed by atoms with E-state index in [1.807, 2.05) is 23.4 Å². The van der Waals surface area contributed by atoms with Gasteiger partial charge in [0.05, 0.1) is 22.0 Å².